The fraction of sp³-hybridized carbons (Fsp3) is 0.143. The molecule has 2 N–H and O–H groups in total. The number of hydrogen-bond acceptors (Lipinski definition) is 4. The summed E-state index contributed by atoms with van der Waals surface area (Å²) in [7, 11) is 0. The van der Waals surface area contributed by atoms with E-state index in [1.165, 1.54) is 6.21 Å². The van der Waals surface area contributed by atoms with Crippen molar-refractivity contribution in [3.63, 3.8) is 0 Å². The third-order valence-corrected chi connectivity index (χ3v) is 3.22. The van der Waals surface area contributed by atoms with Gasteiger partial charge < -0.3 is 9.73 Å². The number of amides is 1. The molecular formula is C14H14IN3O2. The summed E-state index contributed by atoms with van der Waals surface area (Å²) >= 11 is 2.25. The van der Waals surface area contributed by atoms with E-state index in [1.54, 1.807) is 18.4 Å². The van der Waals surface area contributed by atoms with Crippen molar-refractivity contribution in [2.24, 2.45) is 5.10 Å². The highest BCUT2D eigenvalue weighted by Crippen LogP contribution is 2.17. The van der Waals surface area contributed by atoms with Crippen LogP contribution in [-0.4, -0.2) is 18.7 Å². The van der Waals surface area contributed by atoms with Gasteiger partial charge in [0.2, 0.25) is 0 Å². The van der Waals surface area contributed by atoms with E-state index in [2.05, 4.69) is 44.5 Å². The minimum atomic E-state index is -0.217. The molecule has 1 aromatic heterocycles. The van der Waals surface area contributed by atoms with Crippen LogP contribution in [0.3, 0.4) is 0 Å². The highest BCUT2D eigenvalue weighted by molar-refractivity contribution is 14.1. The third kappa shape index (κ3) is 4.37. The van der Waals surface area contributed by atoms with Crippen LogP contribution in [0.2, 0.25) is 0 Å². The standard InChI is InChI=1S/C14H14IN3O2/c1-10-7-11(15)4-5-13(10)16-9-14(19)18-17-8-12-3-2-6-20-12/h2-8,16H,9H2,1H3,(H,18,19)/b17-8-. The Morgan fingerprint density at radius 1 is 1.45 bits per heavy atom. The largest absolute Gasteiger partial charge is 0.463 e. The molecule has 2 rings (SSSR count). The van der Waals surface area contributed by atoms with Crippen LogP contribution in [0.25, 0.3) is 0 Å². The first kappa shape index (κ1) is 14.6. The van der Waals surface area contributed by atoms with Gasteiger partial charge in [-0.25, -0.2) is 5.43 Å². The summed E-state index contributed by atoms with van der Waals surface area (Å²) < 4.78 is 6.22. The molecule has 0 spiro atoms. The van der Waals surface area contributed by atoms with Crippen molar-refractivity contribution in [1.29, 1.82) is 0 Å². The van der Waals surface area contributed by atoms with Crippen molar-refractivity contribution < 1.29 is 9.21 Å². The molecular weight excluding hydrogens is 369 g/mol. The molecule has 0 unspecified atom stereocenters. The number of furan rings is 1. The maximum atomic E-state index is 11.6. The van der Waals surface area contributed by atoms with Gasteiger partial charge >= 0.3 is 0 Å². The summed E-state index contributed by atoms with van der Waals surface area (Å²) in [5, 5.41) is 6.87. The number of benzene rings is 1. The highest BCUT2D eigenvalue weighted by atomic mass is 127. The van der Waals surface area contributed by atoms with E-state index in [0.29, 0.717) is 5.76 Å². The summed E-state index contributed by atoms with van der Waals surface area (Å²) in [6.45, 7) is 2.16. The third-order valence-electron chi connectivity index (χ3n) is 2.55. The van der Waals surface area contributed by atoms with Gasteiger partial charge in [-0.15, -0.1) is 0 Å². The molecule has 6 heteroatoms. The maximum absolute atomic E-state index is 11.6. The lowest BCUT2D eigenvalue weighted by atomic mass is 10.2. The lowest BCUT2D eigenvalue weighted by molar-refractivity contribution is -0.119. The van der Waals surface area contributed by atoms with E-state index >= 15 is 0 Å². The lowest BCUT2D eigenvalue weighted by Crippen LogP contribution is -2.26. The monoisotopic (exact) mass is 383 g/mol. The fourth-order valence-corrected chi connectivity index (χ4v) is 2.22. The lowest BCUT2D eigenvalue weighted by Gasteiger charge is -2.08. The van der Waals surface area contributed by atoms with Gasteiger partial charge in [-0.05, 0) is 65.4 Å². The molecule has 0 atom stereocenters. The average Bonchev–Trinajstić information content (AvgIpc) is 2.91. The Kier molecular flexibility index (Phi) is 5.16. The van der Waals surface area contributed by atoms with Gasteiger partial charge in [-0.3, -0.25) is 4.79 Å². The van der Waals surface area contributed by atoms with Crippen molar-refractivity contribution in [3.05, 3.63) is 51.5 Å². The minimum Gasteiger partial charge on any atom is -0.463 e. The summed E-state index contributed by atoms with van der Waals surface area (Å²) in [4.78, 5) is 11.6. The number of nitrogens with zero attached hydrogens (tertiary/aromatic N) is 1. The molecule has 1 amide bonds. The van der Waals surface area contributed by atoms with Crippen LogP contribution in [0.1, 0.15) is 11.3 Å². The number of halogens is 1. The van der Waals surface area contributed by atoms with Gasteiger partial charge in [-0.1, -0.05) is 0 Å². The Morgan fingerprint density at radius 2 is 2.30 bits per heavy atom. The molecule has 0 bridgehead atoms. The first-order valence-electron chi connectivity index (χ1n) is 6.00. The van der Waals surface area contributed by atoms with E-state index < -0.39 is 0 Å². The smallest absolute Gasteiger partial charge is 0.259 e. The topological polar surface area (TPSA) is 66.6 Å². The van der Waals surface area contributed by atoms with Gasteiger partial charge in [0.15, 0.2) is 0 Å². The number of carbonyl (C=O) groups is 1. The predicted octanol–water partition coefficient (Wildman–Crippen LogP) is 2.75. The Morgan fingerprint density at radius 3 is 3.00 bits per heavy atom. The van der Waals surface area contributed by atoms with Crippen molar-refractivity contribution in [2.45, 2.75) is 6.92 Å². The van der Waals surface area contributed by atoms with Crippen LogP contribution < -0.4 is 10.7 Å². The van der Waals surface area contributed by atoms with Crippen molar-refractivity contribution in [2.75, 3.05) is 11.9 Å². The molecule has 104 valence electrons. The van der Waals surface area contributed by atoms with Gasteiger partial charge in [0.25, 0.3) is 5.91 Å². The average molecular weight is 383 g/mol. The van der Waals surface area contributed by atoms with Crippen molar-refractivity contribution in [1.82, 2.24) is 5.43 Å². The zero-order chi connectivity index (χ0) is 14.4. The second kappa shape index (κ2) is 7.09. The second-order valence-corrected chi connectivity index (χ2v) is 5.37. The van der Waals surface area contributed by atoms with E-state index in [0.717, 1.165) is 14.8 Å². The molecule has 20 heavy (non-hydrogen) atoms. The summed E-state index contributed by atoms with van der Waals surface area (Å²) in [5.41, 5.74) is 4.47. The van der Waals surface area contributed by atoms with E-state index in [4.69, 9.17) is 4.42 Å². The number of carbonyl (C=O) groups excluding carboxylic acids is 1. The molecule has 5 nitrogen and oxygen atoms in total. The molecule has 0 aliphatic heterocycles. The molecule has 0 fully saturated rings. The fourth-order valence-electron chi connectivity index (χ4n) is 1.57. The van der Waals surface area contributed by atoms with E-state index in [-0.39, 0.29) is 12.5 Å². The summed E-state index contributed by atoms with van der Waals surface area (Å²) in [6, 6.07) is 9.50. The first-order valence-corrected chi connectivity index (χ1v) is 7.08. The number of hydrogen-bond donors (Lipinski definition) is 2. The van der Waals surface area contributed by atoms with Crippen LogP contribution in [0.15, 0.2) is 46.1 Å². The van der Waals surface area contributed by atoms with Gasteiger partial charge in [0, 0.05) is 9.26 Å². The molecule has 2 aromatic rings. The molecule has 1 aromatic carbocycles. The second-order valence-electron chi connectivity index (χ2n) is 4.12. The number of nitrogens with one attached hydrogen (secondary N) is 2. The van der Waals surface area contributed by atoms with E-state index in [9.17, 15) is 4.79 Å². The Hall–Kier alpha value is -1.83. The maximum Gasteiger partial charge on any atom is 0.259 e. The summed E-state index contributed by atoms with van der Waals surface area (Å²) in [6.07, 6.45) is 3.00. The zero-order valence-electron chi connectivity index (χ0n) is 10.9. The van der Waals surface area contributed by atoms with Crippen LogP contribution in [-0.2, 0) is 4.79 Å². The first-order chi connectivity index (χ1) is 9.65. The molecule has 0 aliphatic rings. The van der Waals surface area contributed by atoms with Crippen molar-refractivity contribution >= 4 is 40.4 Å². The number of anilines is 1. The number of aryl methyl sites for hydroxylation is 1. The molecule has 0 radical (unpaired) electrons. The van der Waals surface area contributed by atoms with Crippen LogP contribution in [0.4, 0.5) is 5.69 Å². The minimum absolute atomic E-state index is 0.164. The van der Waals surface area contributed by atoms with E-state index in [1.807, 2.05) is 19.1 Å². The normalized spacial score (nSPS) is 10.7. The molecule has 0 saturated carbocycles. The van der Waals surface area contributed by atoms with Crippen molar-refractivity contribution in [3.8, 4) is 0 Å². The molecule has 1 heterocycles. The Bertz CT molecular complexity index is 609. The molecule has 0 saturated heterocycles. The highest BCUT2D eigenvalue weighted by Gasteiger charge is 2.02. The predicted molar refractivity (Wildman–Crippen MR) is 86.8 cm³/mol. The Balaban J connectivity index is 1.80. The SMILES string of the molecule is Cc1cc(I)ccc1NCC(=O)N/N=C\c1ccco1. The number of hydrazone groups is 1. The molecule has 0 aliphatic carbocycles. The van der Waals surface area contributed by atoms with Crippen LogP contribution in [0, 0.1) is 10.5 Å². The van der Waals surface area contributed by atoms with Gasteiger partial charge in [0.1, 0.15) is 5.76 Å². The van der Waals surface area contributed by atoms with Crippen LogP contribution in [0.5, 0.6) is 0 Å². The van der Waals surface area contributed by atoms with Crippen LogP contribution >= 0.6 is 22.6 Å². The zero-order valence-corrected chi connectivity index (χ0v) is 13.0. The Labute approximate surface area is 130 Å². The van der Waals surface area contributed by atoms with Gasteiger partial charge in [0.05, 0.1) is 19.0 Å². The van der Waals surface area contributed by atoms with Gasteiger partial charge in [-0.2, -0.15) is 5.10 Å². The number of rotatable bonds is 5. The quantitative estimate of drug-likeness (QED) is 0.474. The summed E-state index contributed by atoms with van der Waals surface area (Å²) in [5.74, 6) is 0.373.